The summed E-state index contributed by atoms with van der Waals surface area (Å²) in [6, 6.07) is 7.53. The van der Waals surface area contributed by atoms with Crippen molar-refractivity contribution < 1.29 is 14.4 Å². The Hall–Kier alpha value is -1.63. The third-order valence-corrected chi connectivity index (χ3v) is 5.50. The lowest BCUT2D eigenvalue weighted by atomic mass is 9.77. The number of pyridine rings is 1. The molecule has 1 aromatic heterocycles. The Bertz CT molecular complexity index is 863. The molecule has 0 saturated carbocycles. The number of aryl methyl sites for hydroxylation is 1. The van der Waals surface area contributed by atoms with Gasteiger partial charge < -0.3 is 19.0 Å². The molecule has 1 aliphatic rings. The molecular formula is C20H28BNO4. The van der Waals surface area contributed by atoms with Crippen LogP contribution in [0.5, 0.6) is 0 Å². The first-order valence-corrected chi connectivity index (χ1v) is 9.11. The predicted octanol–water partition coefficient (Wildman–Crippen LogP) is 2.46. The number of benzene rings is 1. The maximum Gasteiger partial charge on any atom is 0.496 e. The van der Waals surface area contributed by atoms with E-state index < -0.39 is 23.9 Å². The minimum absolute atomic E-state index is 0.0647. The zero-order valence-corrected chi connectivity index (χ0v) is 16.5. The average Bonchev–Trinajstić information content (AvgIpc) is 2.74. The van der Waals surface area contributed by atoms with Gasteiger partial charge in [-0.3, -0.25) is 4.79 Å². The molecule has 0 radical (unpaired) electrons. The number of hydrogen-bond acceptors (Lipinski definition) is 4. The van der Waals surface area contributed by atoms with Crippen LogP contribution in [0.4, 0.5) is 0 Å². The Kier molecular flexibility index (Phi) is 4.58. The van der Waals surface area contributed by atoms with Gasteiger partial charge in [-0.1, -0.05) is 18.2 Å². The summed E-state index contributed by atoms with van der Waals surface area (Å²) in [5.74, 6) is 0. The molecule has 26 heavy (non-hydrogen) atoms. The third kappa shape index (κ3) is 3.46. The lowest BCUT2D eigenvalue weighted by molar-refractivity contribution is 0.00578. The molecule has 0 spiro atoms. The van der Waals surface area contributed by atoms with Gasteiger partial charge in [0.15, 0.2) is 0 Å². The van der Waals surface area contributed by atoms with Crippen LogP contribution in [0, 0.1) is 0 Å². The van der Waals surface area contributed by atoms with Crippen LogP contribution in [0.3, 0.4) is 0 Å². The van der Waals surface area contributed by atoms with Gasteiger partial charge >= 0.3 is 7.12 Å². The van der Waals surface area contributed by atoms with Crippen molar-refractivity contribution in [2.75, 3.05) is 0 Å². The Labute approximate surface area is 155 Å². The van der Waals surface area contributed by atoms with Crippen molar-refractivity contribution in [1.29, 1.82) is 0 Å². The standard InChI is InChI=1S/C20H28BNO4/c1-18(2,24)11-12-22-13-16(14-9-7-8-10-15(14)17(22)23)21-25-19(3,4)20(5,6)26-21/h7-10,13,24H,11-12H2,1-6H3. The molecule has 1 aromatic carbocycles. The molecule has 0 unspecified atom stereocenters. The van der Waals surface area contributed by atoms with Crippen molar-refractivity contribution in [2.45, 2.75) is 71.3 Å². The first-order chi connectivity index (χ1) is 11.9. The Morgan fingerprint density at radius 3 is 2.15 bits per heavy atom. The molecule has 0 atom stereocenters. The van der Waals surface area contributed by atoms with Gasteiger partial charge in [0.2, 0.25) is 0 Å². The zero-order chi connectivity index (χ0) is 19.3. The number of fused-ring (bicyclic) bond motifs is 1. The van der Waals surface area contributed by atoms with Gasteiger partial charge in [0, 0.05) is 23.6 Å². The van der Waals surface area contributed by atoms with Crippen LogP contribution in [0.2, 0.25) is 0 Å². The van der Waals surface area contributed by atoms with Crippen molar-refractivity contribution in [3.63, 3.8) is 0 Å². The minimum atomic E-state index is -0.838. The first kappa shape index (κ1) is 19.1. The van der Waals surface area contributed by atoms with Crippen LogP contribution in [0.25, 0.3) is 10.8 Å². The third-order valence-electron chi connectivity index (χ3n) is 5.50. The number of aliphatic hydroxyl groups is 1. The quantitative estimate of drug-likeness (QED) is 0.854. The van der Waals surface area contributed by atoms with Crippen molar-refractivity contribution in [3.8, 4) is 0 Å². The van der Waals surface area contributed by atoms with Gasteiger partial charge in [-0.2, -0.15) is 0 Å². The van der Waals surface area contributed by atoms with E-state index in [0.717, 1.165) is 10.8 Å². The second-order valence-electron chi connectivity index (χ2n) is 8.78. The summed E-state index contributed by atoms with van der Waals surface area (Å²) < 4.78 is 14.1. The van der Waals surface area contributed by atoms with Gasteiger partial charge in [0.1, 0.15) is 0 Å². The smallest absolute Gasteiger partial charge is 0.399 e. The van der Waals surface area contributed by atoms with Gasteiger partial charge in [-0.05, 0) is 59.4 Å². The minimum Gasteiger partial charge on any atom is -0.399 e. The average molecular weight is 357 g/mol. The molecular weight excluding hydrogens is 329 g/mol. The Morgan fingerprint density at radius 1 is 1.08 bits per heavy atom. The summed E-state index contributed by atoms with van der Waals surface area (Å²) in [5.41, 5.74) is -0.963. The maximum atomic E-state index is 12.9. The molecule has 1 fully saturated rings. The molecule has 2 aromatic rings. The molecule has 6 heteroatoms. The second-order valence-corrected chi connectivity index (χ2v) is 8.78. The Morgan fingerprint density at radius 2 is 1.62 bits per heavy atom. The summed E-state index contributed by atoms with van der Waals surface area (Å²) >= 11 is 0. The largest absolute Gasteiger partial charge is 0.496 e. The zero-order valence-electron chi connectivity index (χ0n) is 16.5. The lowest BCUT2D eigenvalue weighted by Crippen LogP contribution is -2.41. The highest BCUT2D eigenvalue weighted by atomic mass is 16.7. The summed E-state index contributed by atoms with van der Waals surface area (Å²) in [4.78, 5) is 12.9. The van der Waals surface area contributed by atoms with Crippen LogP contribution in [-0.4, -0.2) is 33.6 Å². The number of aromatic nitrogens is 1. The topological polar surface area (TPSA) is 60.7 Å². The van der Waals surface area contributed by atoms with Crippen LogP contribution >= 0.6 is 0 Å². The highest BCUT2D eigenvalue weighted by molar-refractivity contribution is 6.65. The van der Waals surface area contributed by atoms with Gasteiger partial charge in [-0.25, -0.2) is 0 Å². The first-order valence-electron chi connectivity index (χ1n) is 9.11. The van der Waals surface area contributed by atoms with E-state index in [2.05, 4.69) is 0 Å². The fraction of sp³-hybridized carbons (Fsp3) is 0.550. The van der Waals surface area contributed by atoms with E-state index in [4.69, 9.17) is 9.31 Å². The normalized spacial score (nSPS) is 19.3. The molecule has 0 bridgehead atoms. The van der Waals surface area contributed by atoms with E-state index in [1.807, 2.05) is 58.2 Å². The molecule has 1 N–H and O–H groups in total. The van der Waals surface area contributed by atoms with Crippen LogP contribution in [0.15, 0.2) is 35.3 Å². The SMILES string of the molecule is CC(C)(O)CCn1cc(B2OC(C)(C)C(C)(C)O2)c2ccccc2c1=O. The Balaban J connectivity index is 2.10. The van der Waals surface area contributed by atoms with E-state index in [9.17, 15) is 9.90 Å². The second kappa shape index (κ2) is 6.22. The van der Waals surface area contributed by atoms with Crippen LogP contribution in [0.1, 0.15) is 48.0 Å². The summed E-state index contributed by atoms with van der Waals surface area (Å²) in [7, 11) is -0.543. The van der Waals surface area contributed by atoms with Crippen LogP contribution < -0.4 is 11.0 Å². The fourth-order valence-corrected chi connectivity index (χ4v) is 3.09. The predicted molar refractivity (Wildman–Crippen MR) is 105 cm³/mol. The lowest BCUT2D eigenvalue weighted by Gasteiger charge is -2.32. The molecule has 5 nitrogen and oxygen atoms in total. The van der Waals surface area contributed by atoms with E-state index >= 15 is 0 Å². The van der Waals surface area contributed by atoms with Crippen molar-refractivity contribution >= 4 is 23.4 Å². The van der Waals surface area contributed by atoms with E-state index in [1.165, 1.54) is 0 Å². The van der Waals surface area contributed by atoms with Crippen molar-refractivity contribution in [3.05, 3.63) is 40.8 Å². The number of rotatable bonds is 4. The number of nitrogens with zero attached hydrogens (tertiary/aromatic N) is 1. The highest BCUT2D eigenvalue weighted by Crippen LogP contribution is 2.36. The molecule has 3 rings (SSSR count). The number of hydrogen-bond donors (Lipinski definition) is 1. The highest BCUT2D eigenvalue weighted by Gasteiger charge is 2.52. The monoisotopic (exact) mass is 357 g/mol. The molecule has 140 valence electrons. The molecule has 0 aliphatic carbocycles. The molecule has 1 aliphatic heterocycles. The van der Waals surface area contributed by atoms with E-state index in [1.54, 1.807) is 18.4 Å². The molecule has 2 heterocycles. The summed E-state index contributed by atoms with van der Waals surface area (Å²) in [6.07, 6.45) is 2.30. The van der Waals surface area contributed by atoms with Crippen molar-refractivity contribution in [2.24, 2.45) is 0 Å². The van der Waals surface area contributed by atoms with E-state index in [-0.39, 0.29) is 5.56 Å². The van der Waals surface area contributed by atoms with Crippen molar-refractivity contribution in [1.82, 2.24) is 4.57 Å². The van der Waals surface area contributed by atoms with Gasteiger partial charge in [0.25, 0.3) is 5.56 Å². The van der Waals surface area contributed by atoms with Gasteiger partial charge in [0.05, 0.1) is 16.8 Å². The molecule has 1 saturated heterocycles. The summed E-state index contributed by atoms with van der Waals surface area (Å²) in [5, 5.41) is 11.5. The summed E-state index contributed by atoms with van der Waals surface area (Å²) in [6.45, 7) is 12.0. The fourth-order valence-electron chi connectivity index (χ4n) is 3.09. The van der Waals surface area contributed by atoms with E-state index in [0.29, 0.717) is 18.4 Å². The van der Waals surface area contributed by atoms with Crippen LogP contribution in [-0.2, 0) is 15.9 Å². The molecule has 0 amide bonds. The van der Waals surface area contributed by atoms with Gasteiger partial charge in [-0.15, -0.1) is 0 Å². The maximum absolute atomic E-state index is 12.9.